The fourth-order valence-electron chi connectivity index (χ4n) is 3.30. The summed E-state index contributed by atoms with van der Waals surface area (Å²) in [6.45, 7) is 1.95. The van der Waals surface area contributed by atoms with E-state index in [9.17, 15) is 22.4 Å². The second-order valence-corrected chi connectivity index (χ2v) is 8.92. The predicted molar refractivity (Wildman–Crippen MR) is 108 cm³/mol. The standard InChI is InChI=1S/C19H19FN6O5S/c1-12-22-18(23-26(12)14-4-2-13(20)3-5-14)19(28)24-8-10-25(11-9-24)32(29,30)16-7-6-15(31-16)17(21)27/h2-7H,8-11H2,1H3,(H2,21,27). The summed E-state index contributed by atoms with van der Waals surface area (Å²) in [4.78, 5) is 29.6. The van der Waals surface area contributed by atoms with E-state index in [1.807, 2.05) is 0 Å². The third-order valence-electron chi connectivity index (χ3n) is 4.98. The molecule has 2 amide bonds. The van der Waals surface area contributed by atoms with E-state index in [0.29, 0.717) is 11.5 Å². The molecule has 0 aliphatic carbocycles. The second-order valence-electron chi connectivity index (χ2n) is 7.05. The summed E-state index contributed by atoms with van der Waals surface area (Å²) in [5, 5.41) is 3.83. The first-order chi connectivity index (χ1) is 15.2. The molecule has 1 saturated heterocycles. The lowest BCUT2D eigenvalue weighted by molar-refractivity contribution is 0.0684. The molecule has 2 aromatic heterocycles. The van der Waals surface area contributed by atoms with Crippen LogP contribution in [-0.4, -0.2) is 70.4 Å². The van der Waals surface area contributed by atoms with E-state index in [2.05, 4.69) is 10.1 Å². The smallest absolute Gasteiger partial charge is 0.293 e. The average molecular weight is 462 g/mol. The monoisotopic (exact) mass is 462 g/mol. The first kappa shape index (κ1) is 21.6. The SMILES string of the molecule is Cc1nc(C(=O)N2CCN(S(=O)(=O)c3ccc(C(N)=O)o3)CC2)nn1-c1ccc(F)cc1. The molecule has 2 N–H and O–H groups in total. The van der Waals surface area contributed by atoms with E-state index in [1.165, 1.54) is 46.0 Å². The number of amides is 2. The van der Waals surface area contributed by atoms with Crippen molar-refractivity contribution in [2.24, 2.45) is 5.73 Å². The molecule has 32 heavy (non-hydrogen) atoms. The lowest BCUT2D eigenvalue weighted by Crippen LogP contribution is -2.50. The molecule has 1 aromatic carbocycles. The molecule has 0 radical (unpaired) electrons. The van der Waals surface area contributed by atoms with Crippen LogP contribution in [0.3, 0.4) is 0 Å². The maximum absolute atomic E-state index is 13.2. The van der Waals surface area contributed by atoms with Crippen molar-refractivity contribution in [1.29, 1.82) is 0 Å². The zero-order chi connectivity index (χ0) is 23.0. The number of furan rings is 1. The molecule has 13 heteroatoms. The van der Waals surface area contributed by atoms with Gasteiger partial charge in [-0.3, -0.25) is 9.59 Å². The molecule has 1 aliphatic rings. The Hall–Kier alpha value is -3.58. The van der Waals surface area contributed by atoms with Crippen molar-refractivity contribution < 1.29 is 26.8 Å². The number of nitrogens with zero attached hydrogens (tertiary/aromatic N) is 5. The van der Waals surface area contributed by atoms with Gasteiger partial charge >= 0.3 is 0 Å². The maximum Gasteiger partial charge on any atom is 0.293 e. The van der Waals surface area contributed by atoms with Crippen molar-refractivity contribution in [1.82, 2.24) is 24.0 Å². The number of hydrogen-bond acceptors (Lipinski definition) is 7. The summed E-state index contributed by atoms with van der Waals surface area (Å²) in [5.41, 5.74) is 5.65. The quantitative estimate of drug-likeness (QED) is 0.583. The molecule has 0 spiro atoms. The second kappa shape index (κ2) is 8.16. The number of sulfonamides is 1. The number of aryl methyl sites for hydroxylation is 1. The summed E-state index contributed by atoms with van der Waals surface area (Å²) in [6.07, 6.45) is 0. The van der Waals surface area contributed by atoms with Crippen molar-refractivity contribution in [3.8, 4) is 5.69 Å². The Morgan fingerprint density at radius 2 is 1.72 bits per heavy atom. The Labute approximate surface area is 182 Å². The van der Waals surface area contributed by atoms with Gasteiger partial charge in [-0.1, -0.05) is 0 Å². The van der Waals surface area contributed by atoms with Gasteiger partial charge in [0, 0.05) is 26.2 Å². The Kier molecular flexibility index (Phi) is 5.52. The first-order valence-electron chi connectivity index (χ1n) is 9.55. The van der Waals surface area contributed by atoms with Gasteiger partial charge in [-0.15, -0.1) is 5.10 Å². The lowest BCUT2D eigenvalue weighted by Gasteiger charge is -2.32. The van der Waals surface area contributed by atoms with Crippen molar-refractivity contribution >= 4 is 21.8 Å². The Morgan fingerprint density at radius 1 is 1.06 bits per heavy atom. The number of hydrogen-bond donors (Lipinski definition) is 1. The summed E-state index contributed by atoms with van der Waals surface area (Å²) >= 11 is 0. The van der Waals surface area contributed by atoms with Crippen LogP contribution in [0.25, 0.3) is 5.69 Å². The highest BCUT2D eigenvalue weighted by Gasteiger charge is 2.33. The number of benzene rings is 1. The van der Waals surface area contributed by atoms with Gasteiger partial charge in [-0.05, 0) is 43.3 Å². The zero-order valence-electron chi connectivity index (χ0n) is 16.9. The van der Waals surface area contributed by atoms with E-state index in [-0.39, 0.29) is 42.9 Å². The Balaban J connectivity index is 1.45. The summed E-state index contributed by atoms with van der Waals surface area (Å²) in [7, 11) is -3.98. The van der Waals surface area contributed by atoms with E-state index < -0.39 is 27.7 Å². The summed E-state index contributed by atoms with van der Waals surface area (Å²) in [6, 6.07) is 7.97. The topological polar surface area (TPSA) is 145 Å². The average Bonchev–Trinajstić information content (AvgIpc) is 3.42. The molecule has 168 valence electrons. The Morgan fingerprint density at radius 3 is 2.31 bits per heavy atom. The van der Waals surface area contributed by atoms with Gasteiger partial charge in [-0.2, -0.15) is 4.31 Å². The van der Waals surface area contributed by atoms with Crippen LogP contribution in [0, 0.1) is 12.7 Å². The van der Waals surface area contributed by atoms with Gasteiger partial charge in [0.15, 0.2) is 5.76 Å². The number of piperazine rings is 1. The molecule has 4 rings (SSSR count). The number of carbonyl (C=O) groups is 2. The normalized spacial score (nSPS) is 15.1. The predicted octanol–water partition coefficient (Wildman–Crippen LogP) is 0.553. The van der Waals surface area contributed by atoms with E-state index in [4.69, 9.17) is 10.2 Å². The minimum atomic E-state index is -3.98. The highest BCUT2D eigenvalue weighted by Crippen LogP contribution is 2.21. The summed E-state index contributed by atoms with van der Waals surface area (Å²) < 4.78 is 46.2. The first-order valence-corrected chi connectivity index (χ1v) is 11.0. The van der Waals surface area contributed by atoms with Crippen LogP contribution in [0.2, 0.25) is 0 Å². The lowest BCUT2D eigenvalue weighted by atomic mass is 10.3. The highest BCUT2D eigenvalue weighted by molar-refractivity contribution is 7.89. The summed E-state index contributed by atoms with van der Waals surface area (Å²) in [5.74, 6) is -1.55. The third kappa shape index (κ3) is 3.99. The number of carbonyl (C=O) groups excluding carboxylic acids is 2. The van der Waals surface area contributed by atoms with Crippen molar-refractivity contribution in [2.75, 3.05) is 26.2 Å². The third-order valence-corrected chi connectivity index (χ3v) is 6.75. The maximum atomic E-state index is 13.2. The number of rotatable bonds is 5. The molecular formula is C19H19FN6O5S. The molecule has 0 saturated carbocycles. The van der Waals surface area contributed by atoms with Gasteiger partial charge in [0.2, 0.25) is 10.9 Å². The van der Waals surface area contributed by atoms with Crippen molar-refractivity contribution in [3.05, 3.63) is 59.6 Å². The highest BCUT2D eigenvalue weighted by atomic mass is 32.2. The number of primary amides is 1. The van der Waals surface area contributed by atoms with Crippen LogP contribution in [-0.2, 0) is 10.0 Å². The van der Waals surface area contributed by atoms with Crippen LogP contribution >= 0.6 is 0 Å². The van der Waals surface area contributed by atoms with Gasteiger partial charge < -0.3 is 15.1 Å². The van der Waals surface area contributed by atoms with Gasteiger partial charge in [0.05, 0.1) is 5.69 Å². The fourth-order valence-corrected chi connectivity index (χ4v) is 4.63. The van der Waals surface area contributed by atoms with Crippen LogP contribution in [0.5, 0.6) is 0 Å². The molecule has 1 aliphatic heterocycles. The number of halogens is 1. The van der Waals surface area contributed by atoms with E-state index in [0.717, 1.165) is 4.31 Å². The minimum Gasteiger partial charge on any atom is -0.438 e. The molecule has 0 atom stereocenters. The molecule has 0 bridgehead atoms. The molecule has 3 heterocycles. The van der Waals surface area contributed by atoms with Crippen LogP contribution in [0.1, 0.15) is 27.0 Å². The minimum absolute atomic E-state index is 0.0261. The van der Waals surface area contributed by atoms with Crippen molar-refractivity contribution in [2.45, 2.75) is 12.0 Å². The van der Waals surface area contributed by atoms with Crippen LogP contribution in [0.4, 0.5) is 4.39 Å². The molecule has 11 nitrogen and oxygen atoms in total. The molecule has 3 aromatic rings. The van der Waals surface area contributed by atoms with Crippen LogP contribution < -0.4 is 5.73 Å². The largest absolute Gasteiger partial charge is 0.438 e. The van der Waals surface area contributed by atoms with Gasteiger partial charge in [0.1, 0.15) is 11.6 Å². The van der Waals surface area contributed by atoms with E-state index >= 15 is 0 Å². The Bertz CT molecular complexity index is 1280. The van der Waals surface area contributed by atoms with Gasteiger partial charge in [-0.25, -0.2) is 22.5 Å². The number of aromatic nitrogens is 3. The van der Waals surface area contributed by atoms with E-state index in [1.54, 1.807) is 6.92 Å². The van der Waals surface area contributed by atoms with Crippen LogP contribution in [0.15, 0.2) is 45.9 Å². The zero-order valence-corrected chi connectivity index (χ0v) is 17.7. The molecule has 0 unspecified atom stereocenters. The molecule has 1 fully saturated rings. The van der Waals surface area contributed by atoms with Crippen molar-refractivity contribution in [3.63, 3.8) is 0 Å². The fraction of sp³-hybridized carbons (Fsp3) is 0.263. The van der Waals surface area contributed by atoms with Gasteiger partial charge in [0.25, 0.3) is 21.8 Å². The molecular weight excluding hydrogens is 443 g/mol. The number of nitrogens with two attached hydrogens (primary N) is 1.